The Labute approximate surface area is 254 Å². The Morgan fingerprint density at radius 1 is 0.816 bits per heavy atom. The van der Waals surface area contributed by atoms with Crippen LogP contribution >= 0.6 is 0 Å². The molecule has 14 nitrogen and oxygen atoms in total. The van der Waals surface area contributed by atoms with E-state index in [4.69, 9.17) is 11.2 Å². The van der Waals surface area contributed by atoms with E-state index >= 15 is 0 Å². The van der Waals surface area contributed by atoms with Crippen molar-refractivity contribution in [3.05, 3.63) is 0 Å². The number of amides is 1. The molecule has 1 amide bonds. The molecule has 1 rings (SSSR count). The van der Waals surface area contributed by atoms with Gasteiger partial charge in [0.05, 0.1) is 25.7 Å². The first-order chi connectivity index (χ1) is 17.5. The van der Waals surface area contributed by atoms with Crippen LogP contribution in [0.3, 0.4) is 0 Å². The van der Waals surface area contributed by atoms with Crippen molar-refractivity contribution in [2.24, 2.45) is 0 Å². The molecule has 4 N–H and O–H groups in total. The summed E-state index contributed by atoms with van der Waals surface area (Å²) < 4.78 is 4.91. The first-order valence-corrected chi connectivity index (χ1v) is 11.9. The minimum absolute atomic E-state index is 0. The molecule has 0 radical (unpaired) electrons. The zero-order valence-corrected chi connectivity index (χ0v) is 23.8. The van der Waals surface area contributed by atoms with Crippen LogP contribution in [0, 0.1) is 52.3 Å². The Kier molecular flexibility index (Phi) is 19.0. The average molecular weight is 685 g/mol. The monoisotopic (exact) mass is 685 g/mol. The van der Waals surface area contributed by atoms with E-state index in [1.54, 1.807) is 26.5 Å². The third-order valence-electron chi connectivity index (χ3n) is 5.79. The molecule has 1 fully saturated rings. The van der Waals surface area contributed by atoms with Crippen molar-refractivity contribution in [3.8, 4) is 12.3 Å². The minimum Gasteiger partial charge on any atom is -0.480 e. The fourth-order valence-electron chi connectivity index (χ4n) is 3.74. The van der Waals surface area contributed by atoms with Gasteiger partial charge < -0.3 is 25.4 Å². The smallest absolute Gasteiger partial charge is 0.325 e. The molecule has 1 saturated heterocycles. The number of ether oxygens (including phenoxy) is 1. The Bertz CT molecular complexity index is 807. The average Bonchev–Trinajstić information content (AvgIpc) is 2.81. The van der Waals surface area contributed by atoms with Crippen LogP contribution in [0.25, 0.3) is 0 Å². The summed E-state index contributed by atoms with van der Waals surface area (Å²) in [7, 11) is 0. The molecule has 0 spiro atoms. The molecule has 38 heavy (non-hydrogen) atoms. The SMILES string of the molecule is C#CCCOC(=O)CNC(=O)C(C)N1CCN(CC(=O)O)CCN(CC(=O)O)CCN(CC(=O)O)CC1.[Gd]. The van der Waals surface area contributed by atoms with E-state index in [2.05, 4.69) is 11.2 Å². The van der Waals surface area contributed by atoms with Crippen LogP contribution in [0.4, 0.5) is 0 Å². The maximum absolute atomic E-state index is 12.7. The largest absolute Gasteiger partial charge is 0.480 e. The number of nitrogens with one attached hydrogen (secondary N) is 1. The molecule has 1 unspecified atom stereocenters. The Balaban J connectivity index is 0.0000137. The molecule has 0 aromatic carbocycles. The maximum Gasteiger partial charge on any atom is 0.325 e. The number of hydrogen-bond donors (Lipinski definition) is 4. The molecular weight excluding hydrogens is 648 g/mol. The number of carboxylic acids is 3. The molecule has 0 bridgehead atoms. The van der Waals surface area contributed by atoms with Crippen LogP contribution < -0.4 is 5.32 Å². The fourth-order valence-corrected chi connectivity index (χ4v) is 3.74. The minimum atomic E-state index is -1.04. The number of nitrogens with zero attached hydrogens (tertiary/aromatic N) is 4. The molecule has 0 saturated carbocycles. The van der Waals surface area contributed by atoms with Crippen molar-refractivity contribution < 1.29 is 84.0 Å². The van der Waals surface area contributed by atoms with E-state index in [0.717, 1.165) is 0 Å². The van der Waals surface area contributed by atoms with E-state index in [0.29, 0.717) is 0 Å². The van der Waals surface area contributed by atoms with Gasteiger partial charge in [-0.1, -0.05) is 0 Å². The summed E-state index contributed by atoms with van der Waals surface area (Å²) in [5.41, 5.74) is 0. The number of esters is 1. The van der Waals surface area contributed by atoms with Gasteiger partial charge in [0.25, 0.3) is 0 Å². The number of hydrogen-bond acceptors (Lipinski definition) is 10. The standard InChI is InChI=1S/C23H37N5O9.Gd/c1-3-4-13-37-22(35)14-24-23(36)18(2)28-11-9-26(16-20(31)32)7-5-25(15-19(29)30)6-8-27(10-12-28)17-21(33)34;/h1,18H,4-17H2,2H3,(H,24,36)(H,29,30)(H,31,32)(H,33,34);. The Hall–Kier alpha value is -1.93. The van der Waals surface area contributed by atoms with Gasteiger partial charge in [-0.05, 0) is 6.92 Å². The van der Waals surface area contributed by atoms with Gasteiger partial charge in [0.15, 0.2) is 0 Å². The van der Waals surface area contributed by atoms with Gasteiger partial charge in [0, 0.05) is 98.7 Å². The predicted molar refractivity (Wildman–Crippen MR) is 131 cm³/mol. The number of carbonyl (C=O) groups is 5. The summed E-state index contributed by atoms with van der Waals surface area (Å²) >= 11 is 0. The molecule has 216 valence electrons. The number of carbonyl (C=O) groups excluding carboxylic acids is 2. The van der Waals surface area contributed by atoms with Crippen LogP contribution in [0.15, 0.2) is 0 Å². The molecular formula is C23H37GdN5O9. The second kappa shape index (κ2) is 20.0. The van der Waals surface area contributed by atoms with Crippen molar-refractivity contribution in [1.29, 1.82) is 0 Å². The summed E-state index contributed by atoms with van der Waals surface area (Å²) in [6, 6.07) is -0.705. The molecule has 1 heterocycles. The summed E-state index contributed by atoms with van der Waals surface area (Å²) in [6.45, 7) is 2.81. The zero-order valence-electron chi connectivity index (χ0n) is 21.5. The van der Waals surface area contributed by atoms with Gasteiger partial charge in [0.2, 0.25) is 5.91 Å². The topological polar surface area (TPSA) is 180 Å². The third kappa shape index (κ3) is 16.1. The molecule has 1 atom stereocenters. The molecule has 0 aliphatic carbocycles. The number of aliphatic carboxylic acids is 3. The molecule has 1 aliphatic heterocycles. The van der Waals surface area contributed by atoms with Crippen LogP contribution in [0.2, 0.25) is 0 Å². The van der Waals surface area contributed by atoms with Gasteiger partial charge in [-0.25, -0.2) is 0 Å². The van der Waals surface area contributed by atoms with Gasteiger partial charge >= 0.3 is 23.9 Å². The number of rotatable bonds is 12. The third-order valence-corrected chi connectivity index (χ3v) is 5.79. The summed E-state index contributed by atoms with van der Waals surface area (Å²) in [4.78, 5) is 65.3. The second-order valence-corrected chi connectivity index (χ2v) is 8.61. The predicted octanol–water partition coefficient (Wildman–Crippen LogP) is -2.47. The zero-order chi connectivity index (χ0) is 27.8. The van der Waals surface area contributed by atoms with Crippen molar-refractivity contribution in [3.63, 3.8) is 0 Å². The maximum atomic E-state index is 12.7. The number of terminal acetylenes is 1. The van der Waals surface area contributed by atoms with E-state index in [1.807, 2.05) is 0 Å². The quantitative estimate of drug-likeness (QED) is 0.0967. The van der Waals surface area contributed by atoms with Crippen molar-refractivity contribution in [2.45, 2.75) is 19.4 Å². The molecule has 15 heteroatoms. The van der Waals surface area contributed by atoms with Crippen molar-refractivity contribution in [2.75, 3.05) is 85.1 Å². The van der Waals surface area contributed by atoms with Crippen LogP contribution in [0.5, 0.6) is 0 Å². The van der Waals surface area contributed by atoms with E-state index in [-0.39, 0.29) is 132 Å². The van der Waals surface area contributed by atoms with E-state index < -0.39 is 35.8 Å². The summed E-state index contributed by atoms with van der Waals surface area (Å²) in [6.07, 6.45) is 5.37. The van der Waals surface area contributed by atoms with Crippen LogP contribution in [0.1, 0.15) is 13.3 Å². The van der Waals surface area contributed by atoms with Crippen molar-refractivity contribution in [1.82, 2.24) is 24.9 Å². The van der Waals surface area contributed by atoms with Gasteiger partial charge in [0.1, 0.15) is 13.2 Å². The van der Waals surface area contributed by atoms with E-state index in [1.165, 1.54) is 0 Å². The molecule has 0 aromatic rings. The van der Waals surface area contributed by atoms with Crippen LogP contribution in [-0.2, 0) is 28.7 Å². The van der Waals surface area contributed by atoms with Gasteiger partial charge in [-0.15, -0.1) is 12.3 Å². The van der Waals surface area contributed by atoms with Gasteiger partial charge in [-0.3, -0.25) is 43.6 Å². The van der Waals surface area contributed by atoms with Crippen molar-refractivity contribution >= 4 is 29.8 Å². The fraction of sp³-hybridized carbons (Fsp3) is 0.696. The first-order valence-electron chi connectivity index (χ1n) is 11.9. The molecule has 0 aromatic heterocycles. The molecule has 1 aliphatic rings. The summed E-state index contributed by atoms with van der Waals surface area (Å²) in [5, 5.41) is 30.3. The van der Waals surface area contributed by atoms with E-state index in [9.17, 15) is 39.3 Å². The van der Waals surface area contributed by atoms with Crippen LogP contribution in [-0.4, -0.2) is 156 Å². The first kappa shape index (κ1) is 36.1. The Morgan fingerprint density at radius 3 is 1.58 bits per heavy atom. The second-order valence-electron chi connectivity index (χ2n) is 8.61. The normalized spacial score (nSPS) is 17.5. The van der Waals surface area contributed by atoms with Gasteiger partial charge in [-0.2, -0.15) is 0 Å². The summed E-state index contributed by atoms with van der Waals surface area (Å²) in [5.74, 6) is -1.84. The number of carboxylic acid groups (broad SMARTS) is 3. The Morgan fingerprint density at radius 2 is 1.21 bits per heavy atom.